The molecule has 106 valence electrons. The van der Waals surface area contributed by atoms with Crippen molar-refractivity contribution in [3.05, 3.63) is 47.2 Å². The molecule has 0 spiro atoms. The maximum atomic E-state index is 11.5. The van der Waals surface area contributed by atoms with Crippen LogP contribution in [0.1, 0.15) is 31.9 Å². The summed E-state index contributed by atoms with van der Waals surface area (Å²) < 4.78 is 5.71. The molecule has 0 bridgehead atoms. The zero-order valence-corrected chi connectivity index (χ0v) is 12.2. The van der Waals surface area contributed by atoms with E-state index in [9.17, 15) is 4.79 Å². The SMILES string of the molecule is CCCCC(=O)NCc1ccc(-c2ccc(Cl)cc2)o1. The van der Waals surface area contributed by atoms with Gasteiger partial charge in [-0.2, -0.15) is 0 Å². The van der Waals surface area contributed by atoms with Crippen LogP contribution in [0.4, 0.5) is 0 Å². The minimum absolute atomic E-state index is 0.0660. The summed E-state index contributed by atoms with van der Waals surface area (Å²) in [6, 6.07) is 11.2. The smallest absolute Gasteiger partial charge is 0.220 e. The second-order valence-corrected chi connectivity index (χ2v) is 5.09. The number of hydrogen-bond acceptors (Lipinski definition) is 2. The van der Waals surface area contributed by atoms with Crippen LogP contribution < -0.4 is 5.32 Å². The number of hydrogen-bond donors (Lipinski definition) is 1. The maximum absolute atomic E-state index is 11.5. The van der Waals surface area contributed by atoms with Crippen molar-refractivity contribution in [3.63, 3.8) is 0 Å². The van der Waals surface area contributed by atoms with Gasteiger partial charge in [-0.15, -0.1) is 0 Å². The molecule has 1 aromatic carbocycles. The third kappa shape index (κ3) is 4.14. The van der Waals surface area contributed by atoms with Crippen molar-refractivity contribution < 1.29 is 9.21 Å². The first-order chi connectivity index (χ1) is 9.69. The monoisotopic (exact) mass is 291 g/mol. The van der Waals surface area contributed by atoms with Crippen LogP contribution in [0.5, 0.6) is 0 Å². The van der Waals surface area contributed by atoms with E-state index < -0.39 is 0 Å². The zero-order chi connectivity index (χ0) is 14.4. The Balaban J connectivity index is 1.92. The lowest BCUT2D eigenvalue weighted by Gasteiger charge is -2.02. The fourth-order valence-electron chi connectivity index (χ4n) is 1.85. The highest BCUT2D eigenvalue weighted by Crippen LogP contribution is 2.23. The Morgan fingerprint density at radius 3 is 2.65 bits per heavy atom. The topological polar surface area (TPSA) is 42.2 Å². The molecule has 0 aliphatic carbocycles. The van der Waals surface area contributed by atoms with Crippen molar-refractivity contribution in [2.75, 3.05) is 0 Å². The average molecular weight is 292 g/mol. The van der Waals surface area contributed by atoms with E-state index in [1.165, 1.54) is 0 Å². The molecule has 3 nitrogen and oxygen atoms in total. The van der Waals surface area contributed by atoms with E-state index in [0.29, 0.717) is 18.0 Å². The van der Waals surface area contributed by atoms with Crippen LogP contribution in [-0.4, -0.2) is 5.91 Å². The Kier molecular flexibility index (Phi) is 5.24. The molecule has 1 heterocycles. The third-order valence-electron chi connectivity index (χ3n) is 3.01. The van der Waals surface area contributed by atoms with Crippen LogP contribution in [0, 0.1) is 0 Å². The van der Waals surface area contributed by atoms with Crippen molar-refractivity contribution in [3.8, 4) is 11.3 Å². The van der Waals surface area contributed by atoms with E-state index in [4.69, 9.17) is 16.0 Å². The molecule has 0 fully saturated rings. The Morgan fingerprint density at radius 2 is 1.95 bits per heavy atom. The van der Waals surface area contributed by atoms with Gasteiger partial charge in [-0.1, -0.05) is 24.9 Å². The normalized spacial score (nSPS) is 10.5. The van der Waals surface area contributed by atoms with E-state index in [-0.39, 0.29) is 5.91 Å². The molecular weight excluding hydrogens is 274 g/mol. The van der Waals surface area contributed by atoms with Gasteiger partial charge in [0.05, 0.1) is 6.54 Å². The van der Waals surface area contributed by atoms with Crippen LogP contribution in [0.3, 0.4) is 0 Å². The zero-order valence-electron chi connectivity index (χ0n) is 11.5. The minimum atomic E-state index is 0.0660. The average Bonchev–Trinajstić information content (AvgIpc) is 2.92. The quantitative estimate of drug-likeness (QED) is 0.857. The molecular formula is C16H18ClNO2. The van der Waals surface area contributed by atoms with Gasteiger partial charge >= 0.3 is 0 Å². The highest BCUT2D eigenvalue weighted by molar-refractivity contribution is 6.30. The van der Waals surface area contributed by atoms with Crippen molar-refractivity contribution >= 4 is 17.5 Å². The Bertz CT molecular complexity index is 560. The lowest BCUT2D eigenvalue weighted by Crippen LogP contribution is -2.21. The number of amides is 1. The second kappa shape index (κ2) is 7.15. The van der Waals surface area contributed by atoms with Gasteiger partial charge in [0.15, 0.2) is 0 Å². The molecule has 4 heteroatoms. The fourth-order valence-corrected chi connectivity index (χ4v) is 1.98. The number of benzene rings is 1. The van der Waals surface area contributed by atoms with Gasteiger partial charge < -0.3 is 9.73 Å². The van der Waals surface area contributed by atoms with Gasteiger partial charge in [0.1, 0.15) is 11.5 Å². The van der Waals surface area contributed by atoms with Crippen LogP contribution in [-0.2, 0) is 11.3 Å². The fraction of sp³-hybridized carbons (Fsp3) is 0.312. The molecule has 2 aromatic rings. The first-order valence-corrected chi connectivity index (χ1v) is 7.18. The van der Waals surface area contributed by atoms with Crippen LogP contribution >= 0.6 is 11.6 Å². The summed E-state index contributed by atoms with van der Waals surface area (Å²) in [5.74, 6) is 1.59. The molecule has 0 unspecified atom stereocenters. The van der Waals surface area contributed by atoms with Gasteiger partial charge in [-0.3, -0.25) is 4.79 Å². The molecule has 0 radical (unpaired) electrons. The molecule has 0 saturated carbocycles. The van der Waals surface area contributed by atoms with Crippen molar-refractivity contribution in [2.45, 2.75) is 32.7 Å². The molecule has 0 aliphatic heterocycles. The maximum Gasteiger partial charge on any atom is 0.220 e. The van der Waals surface area contributed by atoms with E-state index in [1.807, 2.05) is 36.4 Å². The summed E-state index contributed by atoms with van der Waals surface area (Å²) in [6.45, 7) is 2.49. The van der Waals surface area contributed by atoms with Crippen LogP contribution in [0.2, 0.25) is 5.02 Å². The van der Waals surface area contributed by atoms with Crippen molar-refractivity contribution in [1.29, 1.82) is 0 Å². The summed E-state index contributed by atoms with van der Waals surface area (Å²) in [5, 5.41) is 3.55. The molecule has 20 heavy (non-hydrogen) atoms. The summed E-state index contributed by atoms with van der Waals surface area (Å²) >= 11 is 5.85. The summed E-state index contributed by atoms with van der Waals surface area (Å²) in [5.41, 5.74) is 0.970. The minimum Gasteiger partial charge on any atom is -0.459 e. The van der Waals surface area contributed by atoms with E-state index in [2.05, 4.69) is 12.2 Å². The largest absolute Gasteiger partial charge is 0.459 e. The third-order valence-corrected chi connectivity index (χ3v) is 3.26. The molecule has 1 aromatic heterocycles. The lowest BCUT2D eigenvalue weighted by atomic mass is 10.2. The number of nitrogens with one attached hydrogen (secondary N) is 1. The van der Waals surface area contributed by atoms with Gasteiger partial charge in [-0.05, 0) is 42.8 Å². The summed E-state index contributed by atoms with van der Waals surface area (Å²) in [7, 11) is 0. The number of furan rings is 1. The molecule has 1 amide bonds. The first kappa shape index (κ1) is 14.7. The van der Waals surface area contributed by atoms with Gasteiger partial charge in [0.25, 0.3) is 0 Å². The Labute approximate surface area is 123 Å². The number of unbranched alkanes of at least 4 members (excludes halogenated alkanes) is 1. The first-order valence-electron chi connectivity index (χ1n) is 6.80. The van der Waals surface area contributed by atoms with E-state index >= 15 is 0 Å². The second-order valence-electron chi connectivity index (χ2n) is 4.65. The van der Waals surface area contributed by atoms with E-state index in [0.717, 1.165) is 29.9 Å². The Morgan fingerprint density at radius 1 is 1.20 bits per heavy atom. The highest BCUT2D eigenvalue weighted by atomic mass is 35.5. The number of halogens is 1. The number of carbonyl (C=O) groups is 1. The number of carbonyl (C=O) groups excluding carboxylic acids is 1. The van der Waals surface area contributed by atoms with Gasteiger partial charge in [0, 0.05) is 17.0 Å². The van der Waals surface area contributed by atoms with Crippen molar-refractivity contribution in [1.82, 2.24) is 5.32 Å². The van der Waals surface area contributed by atoms with Gasteiger partial charge in [0.2, 0.25) is 5.91 Å². The van der Waals surface area contributed by atoms with Crippen LogP contribution in [0.15, 0.2) is 40.8 Å². The lowest BCUT2D eigenvalue weighted by molar-refractivity contribution is -0.121. The number of rotatable bonds is 6. The van der Waals surface area contributed by atoms with Crippen LogP contribution in [0.25, 0.3) is 11.3 Å². The highest BCUT2D eigenvalue weighted by Gasteiger charge is 2.06. The summed E-state index contributed by atoms with van der Waals surface area (Å²) in [6.07, 6.45) is 2.51. The molecule has 0 atom stereocenters. The standard InChI is InChI=1S/C16H18ClNO2/c1-2-3-4-16(19)18-11-14-9-10-15(20-14)12-5-7-13(17)8-6-12/h5-10H,2-4,11H2,1H3,(H,18,19). The van der Waals surface area contributed by atoms with E-state index in [1.54, 1.807) is 0 Å². The molecule has 2 rings (SSSR count). The molecule has 1 N–H and O–H groups in total. The summed E-state index contributed by atoms with van der Waals surface area (Å²) in [4.78, 5) is 11.5. The molecule has 0 saturated heterocycles. The predicted octanol–water partition coefficient (Wildman–Crippen LogP) is 4.41. The molecule has 0 aliphatic rings. The van der Waals surface area contributed by atoms with Gasteiger partial charge in [-0.25, -0.2) is 0 Å². The predicted molar refractivity (Wildman–Crippen MR) is 80.5 cm³/mol. The Hall–Kier alpha value is -1.74. The van der Waals surface area contributed by atoms with Crippen molar-refractivity contribution in [2.24, 2.45) is 0 Å².